The van der Waals surface area contributed by atoms with E-state index in [1.54, 1.807) is 42.5 Å². The van der Waals surface area contributed by atoms with Gasteiger partial charge in [0.2, 0.25) is 0 Å². The van der Waals surface area contributed by atoms with E-state index in [9.17, 15) is 18.3 Å². The summed E-state index contributed by atoms with van der Waals surface area (Å²) in [6.45, 7) is 0. The molecule has 3 aromatic rings. The number of fused-ring (bicyclic) bond motifs is 1. The lowest BCUT2D eigenvalue weighted by Crippen LogP contribution is -2.14. The molecule has 0 amide bonds. The number of sulfonamides is 1. The summed E-state index contributed by atoms with van der Waals surface area (Å²) in [6.07, 6.45) is 5.70. The number of hydrogen-bond donors (Lipinski definition) is 3. The fraction of sp³-hybridized carbons (Fsp3) is 0.292. The van der Waals surface area contributed by atoms with Gasteiger partial charge in [-0.3, -0.25) is 9.52 Å². The zero-order valence-corrected chi connectivity index (χ0v) is 19.1. The van der Waals surface area contributed by atoms with E-state index in [2.05, 4.69) is 4.72 Å². The molecule has 3 aromatic carbocycles. The molecule has 0 aliphatic heterocycles. The number of carboxylic acids is 1. The first-order valence-corrected chi connectivity index (χ1v) is 13.0. The van der Waals surface area contributed by atoms with Crippen molar-refractivity contribution in [1.29, 1.82) is 0 Å². The van der Waals surface area contributed by atoms with Gasteiger partial charge in [0.25, 0.3) is 10.0 Å². The third-order valence-corrected chi connectivity index (χ3v) is 8.20. The summed E-state index contributed by atoms with van der Waals surface area (Å²) in [7, 11) is -3.88. The molecule has 1 fully saturated rings. The molecular formula is C24H25NO5S2. The van der Waals surface area contributed by atoms with Gasteiger partial charge in [-0.15, -0.1) is 11.8 Å². The number of anilines is 1. The monoisotopic (exact) mass is 471 g/mol. The van der Waals surface area contributed by atoms with Crippen LogP contribution in [0.15, 0.2) is 64.4 Å². The Morgan fingerprint density at radius 2 is 1.72 bits per heavy atom. The van der Waals surface area contributed by atoms with Gasteiger partial charge in [0.15, 0.2) is 0 Å². The molecule has 0 bridgehead atoms. The number of benzene rings is 3. The molecule has 8 heteroatoms. The second-order valence-corrected chi connectivity index (χ2v) is 10.7. The minimum absolute atomic E-state index is 0.0610. The Hall–Kier alpha value is -2.71. The number of aliphatic carboxylic acids is 1. The molecule has 32 heavy (non-hydrogen) atoms. The van der Waals surface area contributed by atoms with Gasteiger partial charge in [-0.25, -0.2) is 8.42 Å². The van der Waals surface area contributed by atoms with Crippen molar-refractivity contribution in [2.24, 2.45) is 0 Å². The van der Waals surface area contributed by atoms with Gasteiger partial charge >= 0.3 is 5.97 Å². The molecule has 1 aliphatic rings. The van der Waals surface area contributed by atoms with Gasteiger partial charge in [0, 0.05) is 10.8 Å². The third-order valence-electron chi connectivity index (χ3n) is 5.82. The molecule has 0 unspecified atom stereocenters. The van der Waals surface area contributed by atoms with Crippen LogP contribution in [0.3, 0.4) is 0 Å². The molecule has 0 atom stereocenters. The van der Waals surface area contributed by atoms with E-state index in [0.717, 1.165) is 43.0 Å². The first-order valence-electron chi connectivity index (χ1n) is 10.6. The molecule has 0 radical (unpaired) electrons. The summed E-state index contributed by atoms with van der Waals surface area (Å²) in [5.74, 6) is -0.952. The highest BCUT2D eigenvalue weighted by atomic mass is 32.2. The van der Waals surface area contributed by atoms with Crippen molar-refractivity contribution in [3.8, 4) is 5.75 Å². The summed E-state index contributed by atoms with van der Waals surface area (Å²) in [4.78, 5) is 11.5. The van der Waals surface area contributed by atoms with Gasteiger partial charge in [0.05, 0.1) is 21.2 Å². The van der Waals surface area contributed by atoms with Crippen LogP contribution in [0.25, 0.3) is 10.8 Å². The number of nitrogens with one attached hydrogen (secondary N) is 1. The molecule has 0 spiro atoms. The highest BCUT2D eigenvalue weighted by molar-refractivity contribution is 8.00. The molecule has 3 N–H and O–H groups in total. The van der Waals surface area contributed by atoms with Gasteiger partial charge < -0.3 is 10.2 Å². The van der Waals surface area contributed by atoms with Crippen LogP contribution in [0.1, 0.15) is 43.6 Å². The lowest BCUT2D eigenvalue weighted by atomic mass is 9.84. The third kappa shape index (κ3) is 4.86. The van der Waals surface area contributed by atoms with Crippen LogP contribution < -0.4 is 4.72 Å². The lowest BCUT2D eigenvalue weighted by molar-refractivity contribution is -0.133. The molecule has 4 rings (SSSR count). The van der Waals surface area contributed by atoms with Gasteiger partial charge in [0.1, 0.15) is 5.75 Å². The molecular weight excluding hydrogens is 446 g/mol. The molecule has 1 aliphatic carbocycles. The van der Waals surface area contributed by atoms with E-state index in [1.165, 1.54) is 12.5 Å². The standard InChI is InChI=1S/C24H25NO5S2/c26-23(27)15-31-22-14-21(19-11-4-5-12-20(19)24(22)28)25-32(29,30)18-10-6-9-17(13-18)16-7-2-1-3-8-16/h4-6,9-14,16,25,28H,1-3,7-8,15H2,(H,26,27). The second-order valence-electron chi connectivity index (χ2n) is 8.01. The lowest BCUT2D eigenvalue weighted by Gasteiger charge is -2.22. The van der Waals surface area contributed by atoms with Crippen molar-refractivity contribution in [2.75, 3.05) is 10.5 Å². The SMILES string of the molecule is O=C(O)CSc1cc(NS(=O)(=O)c2cccc(C3CCCCC3)c2)c2ccccc2c1O. The van der Waals surface area contributed by atoms with Crippen LogP contribution in [0, 0.1) is 0 Å². The van der Waals surface area contributed by atoms with E-state index in [1.807, 2.05) is 6.07 Å². The summed E-state index contributed by atoms with van der Waals surface area (Å²) in [6, 6.07) is 15.5. The Morgan fingerprint density at radius 1 is 1.00 bits per heavy atom. The minimum Gasteiger partial charge on any atom is -0.506 e. The first-order chi connectivity index (χ1) is 15.3. The van der Waals surface area contributed by atoms with Crippen molar-refractivity contribution in [3.63, 3.8) is 0 Å². The van der Waals surface area contributed by atoms with Crippen LogP contribution in [0.2, 0.25) is 0 Å². The fourth-order valence-corrected chi connectivity index (χ4v) is 6.10. The van der Waals surface area contributed by atoms with Crippen molar-refractivity contribution >= 4 is 44.2 Å². The quantitative estimate of drug-likeness (QED) is 0.307. The number of hydrogen-bond acceptors (Lipinski definition) is 5. The van der Waals surface area contributed by atoms with Crippen molar-refractivity contribution in [2.45, 2.75) is 47.8 Å². The molecule has 0 aromatic heterocycles. The minimum atomic E-state index is -3.88. The Kier molecular flexibility index (Phi) is 6.62. The number of aromatic hydroxyl groups is 1. The van der Waals surface area contributed by atoms with E-state index >= 15 is 0 Å². The molecule has 0 heterocycles. The fourth-order valence-electron chi connectivity index (χ4n) is 4.24. The van der Waals surface area contributed by atoms with Crippen LogP contribution in [-0.2, 0) is 14.8 Å². The first kappa shape index (κ1) is 22.5. The second kappa shape index (κ2) is 9.42. The van der Waals surface area contributed by atoms with Crippen molar-refractivity contribution in [3.05, 3.63) is 60.2 Å². The predicted molar refractivity (Wildman–Crippen MR) is 127 cm³/mol. The summed E-state index contributed by atoms with van der Waals surface area (Å²) in [5, 5.41) is 20.6. The number of rotatable bonds is 7. The van der Waals surface area contributed by atoms with Crippen LogP contribution in [0.5, 0.6) is 5.75 Å². The number of carboxylic acid groups (broad SMARTS) is 1. The topological polar surface area (TPSA) is 104 Å². The number of thioether (sulfide) groups is 1. The van der Waals surface area contributed by atoms with Gasteiger partial charge in [-0.2, -0.15) is 0 Å². The highest BCUT2D eigenvalue weighted by Crippen LogP contribution is 2.40. The highest BCUT2D eigenvalue weighted by Gasteiger charge is 2.21. The van der Waals surface area contributed by atoms with Crippen molar-refractivity contribution in [1.82, 2.24) is 0 Å². The smallest absolute Gasteiger partial charge is 0.313 e. The maximum absolute atomic E-state index is 13.3. The predicted octanol–water partition coefficient (Wildman–Crippen LogP) is 5.57. The zero-order chi connectivity index (χ0) is 22.7. The van der Waals surface area contributed by atoms with E-state index in [0.29, 0.717) is 27.3 Å². The summed E-state index contributed by atoms with van der Waals surface area (Å²) < 4.78 is 29.2. The largest absolute Gasteiger partial charge is 0.506 e. The maximum atomic E-state index is 13.3. The normalized spacial score (nSPS) is 15.0. The van der Waals surface area contributed by atoms with Gasteiger partial charge in [-0.1, -0.05) is 55.7 Å². The number of phenols is 1. The molecule has 1 saturated carbocycles. The summed E-state index contributed by atoms with van der Waals surface area (Å²) >= 11 is 0.943. The van der Waals surface area contributed by atoms with Crippen LogP contribution in [0.4, 0.5) is 5.69 Å². The van der Waals surface area contributed by atoms with E-state index in [4.69, 9.17) is 5.11 Å². The Bertz CT molecular complexity index is 1250. The zero-order valence-electron chi connectivity index (χ0n) is 17.5. The molecule has 168 valence electrons. The average Bonchev–Trinajstić information content (AvgIpc) is 2.80. The number of phenolic OH excluding ortho intramolecular Hbond substituents is 1. The van der Waals surface area contributed by atoms with E-state index < -0.39 is 16.0 Å². The molecule has 0 saturated heterocycles. The Morgan fingerprint density at radius 3 is 2.44 bits per heavy atom. The summed E-state index contributed by atoms with van der Waals surface area (Å²) in [5.41, 5.74) is 1.34. The van der Waals surface area contributed by atoms with Gasteiger partial charge in [-0.05, 0) is 42.5 Å². The Labute approximate surface area is 191 Å². The Balaban J connectivity index is 1.70. The van der Waals surface area contributed by atoms with Crippen LogP contribution in [-0.4, -0.2) is 30.4 Å². The van der Waals surface area contributed by atoms with Crippen molar-refractivity contribution < 1.29 is 23.4 Å². The average molecular weight is 472 g/mol. The maximum Gasteiger partial charge on any atom is 0.313 e. The van der Waals surface area contributed by atoms with E-state index in [-0.39, 0.29) is 16.4 Å². The van der Waals surface area contributed by atoms with Crippen LogP contribution >= 0.6 is 11.8 Å². The number of carbonyl (C=O) groups is 1. The molecule has 6 nitrogen and oxygen atoms in total.